The molecule has 5 heteroatoms. The summed E-state index contributed by atoms with van der Waals surface area (Å²) in [5.74, 6) is 0. The summed E-state index contributed by atoms with van der Waals surface area (Å²) in [4.78, 5) is 12.9. The van der Waals surface area contributed by atoms with Crippen molar-refractivity contribution in [2.75, 3.05) is 19.7 Å². The Labute approximate surface area is 102 Å². The molecule has 0 saturated carbocycles. The van der Waals surface area contributed by atoms with E-state index < -0.39 is 0 Å². The van der Waals surface area contributed by atoms with Gasteiger partial charge in [-0.3, -0.25) is 0 Å². The van der Waals surface area contributed by atoms with Gasteiger partial charge >= 0.3 is 6.09 Å². The molecule has 16 heavy (non-hydrogen) atoms. The highest BCUT2D eigenvalue weighted by molar-refractivity contribution is 9.10. The molecule has 1 aromatic rings. The second kappa shape index (κ2) is 4.84. The number of β-amino-alcohol motifs (C(OH)–C–C–N with tert-alkyl or cyclic N) is 1. The van der Waals surface area contributed by atoms with E-state index in [1.807, 2.05) is 24.3 Å². The van der Waals surface area contributed by atoms with E-state index in [-0.39, 0.29) is 18.8 Å². The molecule has 2 rings (SSSR count). The Morgan fingerprint density at radius 3 is 2.94 bits per heavy atom. The summed E-state index contributed by atoms with van der Waals surface area (Å²) in [6.45, 7) is 0.763. The zero-order chi connectivity index (χ0) is 11.5. The minimum atomic E-state index is -0.366. The normalized spacial score (nSPS) is 20.0. The number of cyclic esters (lactones) is 1. The fraction of sp³-hybridized carbons (Fsp3) is 0.364. The standard InChI is InChI=1S/C11H12BrNO3/c12-9-4-2-1-3-8(9)10-7-13(5-6-14)11(15)16-10/h1-4,10,14H,5-7H2. The SMILES string of the molecule is O=C1OC(c2ccccc2Br)CN1CCO. The van der Waals surface area contributed by atoms with E-state index in [2.05, 4.69) is 15.9 Å². The van der Waals surface area contributed by atoms with E-state index in [0.717, 1.165) is 10.0 Å². The third-order valence-electron chi connectivity index (χ3n) is 2.51. The molecule has 1 aromatic carbocycles. The van der Waals surface area contributed by atoms with Gasteiger partial charge in [-0.05, 0) is 6.07 Å². The number of rotatable bonds is 3. The highest BCUT2D eigenvalue weighted by Gasteiger charge is 2.32. The number of carbonyl (C=O) groups is 1. The van der Waals surface area contributed by atoms with Crippen molar-refractivity contribution in [2.24, 2.45) is 0 Å². The van der Waals surface area contributed by atoms with Gasteiger partial charge in [0.25, 0.3) is 0 Å². The van der Waals surface area contributed by atoms with Gasteiger partial charge in [-0.1, -0.05) is 34.1 Å². The Bertz CT molecular complexity index is 397. The van der Waals surface area contributed by atoms with Gasteiger partial charge in [0, 0.05) is 16.6 Å². The monoisotopic (exact) mass is 285 g/mol. The summed E-state index contributed by atoms with van der Waals surface area (Å²) < 4.78 is 6.17. The molecule has 0 aromatic heterocycles. The van der Waals surface area contributed by atoms with Gasteiger partial charge < -0.3 is 14.7 Å². The first kappa shape index (κ1) is 11.4. The number of carbonyl (C=O) groups excluding carboxylic acids is 1. The van der Waals surface area contributed by atoms with Crippen LogP contribution in [-0.2, 0) is 4.74 Å². The zero-order valence-electron chi connectivity index (χ0n) is 8.60. The second-order valence-corrected chi connectivity index (χ2v) is 4.42. The highest BCUT2D eigenvalue weighted by atomic mass is 79.9. The number of amides is 1. The van der Waals surface area contributed by atoms with Crippen LogP contribution in [0.15, 0.2) is 28.7 Å². The summed E-state index contributed by atoms with van der Waals surface area (Å²) in [6.07, 6.45) is -0.621. The fourth-order valence-electron chi connectivity index (χ4n) is 1.71. The molecule has 4 nitrogen and oxygen atoms in total. The molecule has 1 amide bonds. The lowest BCUT2D eigenvalue weighted by Gasteiger charge is -2.11. The number of ether oxygens (including phenoxy) is 1. The molecule has 1 aliphatic heterocycles. The van der Waals surface area contributed by atoms with Crippen molar-refractivity contribution in [3.63, 3.8) is 0 Å². The highest BCUT2D eigenvalue weighted by Crippen LogP contribution is 2.30. The molecule has 0 spiro atoms. The van der Waals surface area contributed by atoms with Crippen molar-refractivity contribution in [1.82, 2.24) is 4.90 Å². The molecular weight excluding hydrogens is 274 g/mol. The third-order valence-corrected chi connectivity index (χ3v) is 3.23. The van der Waals surface area contributed by atoms with E-state index in [1.54, 1.807) is 0 Å². The largest absolute Gasteiger partial charge is 0.439 e. The number of hydrogen-bond donors (Lipinski definition) is 1. The van der Waals surface area contributed by atoms with Crippen molar-refractivity contribution in [2.45, 2.75) is 6.10 Å². The molecule has 1 atom stereocenters. The summed E-state index contributed by atoms with van der Waals surface area (Å²) >= 11 is 3.43. The van der Waals surface area contributed by atoms with Crippen LogP contribution < -0.4 is 0 Å². The van der Waals surface area contributed by atoms with Crippen LogP contribution in [0.3, 0.4) is 0 Å². The van der Waals surface area contributed by atoms with Gasteiger partial charge in [-0.25, -0.2) is 4.79 Å². The fourth-order valence-corrected chi connectivity index (χ4v) is 2.25. The molecule has 1 heterocycles. The molecule has 1 aliphatic rings. The first-order valence-corrected chi connectivity index (χ1v) is 5.82. The topological polar surface area (TPSA) is 49.8 Å². The Morgan fingerprint density at radius 1 is 1.50 bits per heavy atom. The Kier molecular flexibility index (Phi) is 3.46. The van der Waals surface area contributed by atoms with Crippen LogP contribution in [0.25, 0.3) is 0 Å². The van der Waals surface area contributed by atoms with Gasteiger partial charge in [0.15, 0.2) is 0 Å². The lowest BCUT2D eigenvalue weighted by atomic mass is 10.1. The lowest BCUT2D eigenvalue weighted by molar-refractivity contribution is 0.129. The summed E-state index contributed by atoms with van der Waals surface area (Å²) in [5, 5.41) is 8.80. The molecule has 1 saturated heterocycles. The van der Waals surface area contributed by atoms with Gasteiger partial charge in [-0.15, -0.1) is 0 Å². The van der Waals surface area contributed by atoms with Gasteiger partial charge in [0.05, 0.1) is 13.2 Å². The van der Waals surface area contributed by atoms with Crippen LogP contribution in [-0.4, -0.2) is 35.8 Å². The molecule has 1 N–H and O–H groups in total. The number of aliphatic hydroxyl groups excluding tert-OH is 1. The van der Waals surface area contributed by atoms with Crippen molar-refractivity contribution < 1.29 is 14.6 Å². The Hall–Kier alpha value is -1.07. The molecule has 0 bridgehead atoms. The average Bonchev–Trinajstić information content (AvgIpc) is 2.61. The van der Waals surface area contributed by atoms with E-state index in [9.17, 15) is 4.79 Å². The quantitative estimate of drug-likeness (QED) is 0.923. The molecule has 86 valence electrons. The molecule has 1 unspecified atom stereocenters. The third kappa shape index (κ3) is 2.20. The van der Waals surface area contributed by atoms with Gasteiger partial charge in [0.1, 0.15) is 6.10 Å². The summed E-state index contributed by atoms with van der Waals surface area (Å²) in [6, 6.07) is 7.65. The number of hydrogen-bond acceptors (Lipinski definition) is 3. The van der Waals surface area contributed by atoms with E-state index in [0.29, 0.717) is 13.1 Å². The van der Waals surface area contributed by atoms with Crippen LogP contribution in [0.1, 0.15) is 11.7 Å². The first-order valence-electron chi connectivity index (χ1n) is 5.03. The first-order chi connectivity index (χ1) is 7.72. The molecule has 0 radical (unpaired) electrons. The lowest BCUT2D eigenvalue weighted by Crippen LogP contribution is -2.27. The minimum Gasteiger partial charge on any atom is -0.439 e. The summed E-state index contributed by atoms with van der Waals surface area (Å²) in [5.41, 5.74) is 0.955. The number of aliphatic hydroxyl groups is 1. The van der Waals surface area contributed by atoms with Crippen molar-refractivity contribution in [1.29, 1.82) is 0 Å². The van der Waals surface area contributed by atoms with Crippen LogP contribution in [0, 0.1) is 0 Å². The maximum Gasteiger partial charge on any atom is 0.410 e. The van der Waals surface area contributed by atoms with Crippen LogP contribution in [0.2, 0.25) is 0 Å². The number of halogens is 1. The predicted molar refractivity (Wildman–Crippen MR) is 62.0 cm³/mol. The minimum absolute atomic E-state index is 0.0439. The van der Waals surface area contributed by atoms with Gasteiger partial charge in [-0.2, -0.15) is 0 Å². The number of nitrogens with zero attached hydrogens (tertiary/aromatic N) is 1. The zero-order valence-corrected chi connectivity index (χ0v) is 10.2. The number of benzene rings is 1. The van der Waals surface area contributed by atoms with Crippen LogP contribution in [0.5, 0.6) is 0 Å². The van der Waals surface area contributed by atoms with E-state index in [1.165, 1.54) is 4.90 Å². The van der Waals surface area contributed by atoms with Crippen molar-refractivity contribution in [3.8, 4) is 0 Å². The predicted octanol–water partition coefficient (Wildman–Crippen LogP) is 1.93. The molecular formula is C11H12BrNO3. The average molecular weight is 286 g/mol. The van der Waals surface area contributed by atoms with Gasteiger partial charge in [0.2, 0.25) is 0 Å². The van der Waals surface area contributed by atoms with Crippen LogP contribution >= 0.6 is 15.9 Å². The molecule has 0 aliphatic carbocycles. The second-order valence-electron chi connectivity index (χ2n) is 3.56. The van der Waals surface area contributed by atoms with Crippen molar-refractivity contribution in [3.05, 3.63) is 34.3 Å². The summed E-state index contributed by atoms with van der Waals surface area (Å²) in [7, 11) is 0. The maximum absolute atomic E-state index is 11.4. The maximum atomic E-state index is 11.4. The van der Waals surface area contributed by atoms with E-state index in [4.69, 9.17) is 9.84 Å². The van der Waals surface area contributed by atoms with E-state index >= 15 is 0 Å². The Morgan fingerprint density at radius 2 is 2.25 bits per heavy atom. The Balaban J connectivity index is 2.14. The molecule has 1 fully saturated rings. The smallest absolute Gasteiger partial charge is 0.410 e. The van der Waals surface area contributed by atoms with Crippen molar-refractivity contribution >= 4 is 22.0 Å². The van der Waals surface area contributed by atoms with Crippen LogP contribution in [0.4, 0.5) is 4.79 Å².